The Morgan fingerprint density at radius 1 is 1.05 bits per heavy atom. The Morgan fingerprint density at radius 3 is 2.36 bits per heavy atom. The SMILES string of the molecule is CC.O=C1/C(=C/c2ccc(CCP)cc2)Cc2ccccc21. The Morgan fingerprint density at radius 2 is 1.73 bits per heavy atom. The molecule has 1 aliphatic rings. The fraction of sp³-hybridized carbons (Fsp3) is 0.250. The molecule has 1 atom stereocenters. The van der Waals surface area contributed by atoms with Crippen LogP contribution in [0.5, 0.6) is 0 Å². The fourth-order valence-corrected chi connectivity index (χ4v) is 2.95. The minimum Gasteiger partial charge on any atom is -0.289 e. The third-order valence-corrected chi connectivity index (χ3v) is 3.98. The van der Waals surface area contributed by atoms with Crippen LogP contribution in [0.4, 0.5) is 0 Å². The van der Waals surface area contributed by atoms with Crippen molar-refractivity contribution < 1.29 is 4.79 Å². The summed E-state index contributed by atoms with van der Waals surface area (Å²) in [6, 6.07) is 16.4. The number of fused-ring (bicyclic) bond motifs is 1. The number of allylic oxidation sites excluding steroid dienone is 1. The van der Waals surface area contributed by atoms with Crippen molar-refractivity contribution in [2.24, 2.45) is 0 Å². The third-order valence-electron chi connectivity index (χ3n) is 3.69. The highest BCUT2D eigenvalue weighted by Crippen LogP contribution is 2.27. The Kier molecular flexibility index (Phi) is 6.10. The maximum atomic E-state index is 12.3. The number of ketones is 1. The van der Waals surface area contributed by atoms with E-state index in [0.29, 0.717) is 0 Å². The molecule has 0 amide bonds. The molecule has 0 saturated carbocycles. The van der Waals surface area contributed by atoms with Gasteiger partial charge in [-0.1, -0.05) is 62.4 Å². The number of hydrogen-bond donors (Lipinski definition) is 0. The van der Waals surface area contributed by atoms with Gasteiger partial charge < -0.3 is 0 Å². The first-order valence-corrected chi connectivity index (χ1v) is 8.72. The average molecular weight is 310 g/mol. The first-order chi connectivity index (χ1) is 10.8. The normalized spacial score (nSPS) is 14.5. The van der Waals surface area contributed by atoms with Crippen LogP contribution in [0.1, 0.15) is 40.9 Å². The summed E-state index contributed by atoms with van der Waals surface area (Å²) in [7, 11) is 2.74. The van der Waals surface area contributed by atoms with Gasteiger partial charge in [0.05, 0.1) is 0 Å². The predicted octanol–water partition coefficient (Wildman–Crippen LogP) is 4.95. The van der Waals surface area contributed by atoms with Crippen LogP contribution in [-0.4, -0.2) is 11.9 Å². The van der Waals surface area contributed by atoms with Crippen molar-refractivity contribution in [3.05, 3.63) is 76.4 Å². The zero-order valence-corrected chi connectivity index (χ0v) is 14.5. The van der Waals surface area contributed by atoms with E-state index in [0.717, 1.165) is 41.3 Å². The van der Waals surface area contributed by atoms with Crippen molar-refractivity contribution in [2.75, 3.05) is 6.16 Å². The molecule has 114 valence electrons. The molecule has 3 rings (SSSR count). The van der Waals surface area contributed by atoms with Crippen LogP contribution in [0.3, 0.4) is 0 Å². The molecule has 0 N–H and O–H groups in total. The highest BCUT2D eigenvalue weighted by molar-refractivity contribution is 7.16. The number of aryl methyl sites for hydroxylation is 1. The number of rotatable bonds is 3. The molecule has 2 aromatic rings. The Hall–Kier alpha value is -1.72. The number of hydrogen-bond acceptors (Lipinski definition) is 1. The van der Waals surface area contributed by atoms with Gasteiger partial charge in [0.25, 0.3) is 0 Å². The summed E-state index contributed by atoms with van der Waals surface area (Å²) in [5.74, 6) is 0.176. The lowest BCUT2D eigenvalue weighted by atomic mass is 10.1. The molecule has 1 aliphatic carbocycles. The van der Waals surface area contributed by atoms with Gasteiger partial charge in [0.1, 0.15) is 0 Å². The highest BCUT2D eigenvalue weighted by Gasteiger charge is 2.23. The quantitative estimate of drug-likeness (QED) is 0.579. The molecular formula is C20H23OP. The van der Waals surface area contributed by atoms with E-state index < -0.39 is 0 Å². The predicted molar refractivity (Wildman–Crippen MR) is 98.5 cm³/mol. The van der Waals surface area contributed by atoms with E-state index in [9.17, 15) is 4.79 Å². The van der Waals surface area contributed by atoms with Crippen molar-refractivity contribution >= 4 is 21.1 Å². The molecule has 0 spiro atoms. The topological polar surface area (TPSA) is 17.1 Å². The van der Waals surface area contributed by atoms with Crippen LogP contribution in [-0.2, 0) is 12.8 Å². The molecule has 0 heterocycles. The lowest BCUT2D eigenvalue weighted by Crippen LogP contribution is -1.95. The number of benzene rings is 2. The first kappa shape index (κ1) is 16.6. The standard InChI is InChI=1S/C18H17OP.C2H6/c19-18-16(12-15-3-1-2-4-17(15)18)11-14-7-5-13(6-8-14)9-10-20;1-2/h1-8,11H,9-10,12,20H2;1-2H3/b16-11+;. The van der Waals surface area contributed by atoms with E-state index in [1.54, 1.807) is 0 Å². The molecule has 1 unspecified atom stereocenters. The summed E-state index contributed by atoms with van der Waals surface area (Å²) < 4.78 is 0. The molecule has 0 fully saturated rings. The van der Waals surface area contributed by atoms with Gasteiger partial charge in [0.15, 0.2) is 5.78 Å². The van der Waals surface area contributed by atoms with Crippen molar-refractivity contribution in [2.45, 2.75) is 26.7 Å². The van der Waals surface area contributed by atoms with Crippen LogP contribution < -0.4 is 0 Å². The van der Waals surface area contributed by atoms with Gasteiger partial charge in [-0.15, -0.1) is 9.24 Å². The Bertz CT molecular complexity index is 668. The van der Waals surface area contributed by atoms with Crippen LogP contribution in [0.25, 0.3) is 6.08 Å². The van der Waals surface area contributed by atoms with E-state index in [4.69, 9.17) is 0 Å². The van der Waals surface area contributed by atoms with Gasteiger partial charge in [-0.3, -0.25) is 4.79 Å². The second-order valence-electron chi connectivity index (χ2n) is 5.11. The van der Waals surface area contributed by atoms with E-state index in [1.807, 2.05) is 44.2 Å². The summed E-state index contributed by atoms with van der Waals surface area (Å²) >= 11 is 0. The molecule has 0 aromatic heterocycles. The Labute approximate surface area is 135 Å². The fourth-order valence-electron chi connectivity index (χ4n) is 2.62. The molecule has 1 nitrogen and oxygen atoms in total. The summed E-state index contributed by atoms with van der Waals surface area (Å²) in [6.07, 6.45) is 4.93. The lowest BCUT2D eigenvalue weighted by molar-refractivity contribution is 0.104. The molecule has 0 radical (unpaired) electrons. The molecule has 0 saturated heterocycles. The second-order valence-corrected chi connectivity index (χ2v) is 5.69. The largest absolute Gasteiger partial charge is 0.289 e. The van der Waals surface area contributed by atoms with Crippen LogP contribution in [0, 0.1) is 0 Å². The van der Waals surface area contributed by atoms with Gasteiger partial charge in [-0.05, 0) is 35.3 Å². The van der Waals surface area contributed by atoms with Crippen molar-refractivity contribution in [3.8, 4) is 0 Å². The second kappa shape index (κ2) is 8.06. The van der Waals surface area contributed by atoms with Crippen molar-refractivity contribution in [1.29, 1.82) is 0 Å². The van der Waals surface area contributed by atoms with Gasteiger partial charge in [-0.2, -0.15) is 0 Å². The van der Waals surface area contributed by atoms with Gasteiger partial charge in [0, 0.05) is 17.6 Å². The van der Waals surface area contributed by atoms with Crippen molar-refractivity contribution in [3.63, 3.8) is 0 Å². The third kappa shape index (κ3) is 3.72. The lowest BCUT2D eigenvalue weighted by Gasteiger charge is -2.00. The van der Waals surface area contributed by atoms with E-state index in [2.05, 4.69) is 33.5 Å². The van der Waals surface area contributed by atoms with Crippen LogP contribution in [0.15, 0.2) is 54.1 Å². The average Bonchev–Trinajstić information content (AvgIpc) is 2.88. The molecular weight excluding hydrogens is 287 g/mol. The van der Waals surface area contributed by atoms with Crippen molar-refractivity contribution in [1.82, 2.24) is 0 Å². The summed E-state index contributed by atoms with van der Waals surface area (Å²) in [5.41, 5.74) is 5.34. The highest BCUT2D eigenvalue weighted by atomic mass is 31.0. The van der Waals surface area contributed by atoms with Crippen LogP contribution in [0.2, 0.25) is 0 Å². The van der Waals surface area contributed by atoms with E-state index >= 15 is 0 Å². The van der Waals surface area contributed by atoms with E-state index in [-0.39, 0.29) is 5.78 Å². The number of carbonyl (C=O) groups is 1. The van der Waals surface area contributed by atoms with Gasteiger partial charge in [-0.25, -0.2) is 0 Å². The zero-order chi connectivity index (χ0) is 15.9. The first-order valence-electron chi connectivity index (χ1n) is 7.90. The van der Waals surface area contributed by atoms with Gasteiger partial charge in [0.2, 0.25) is 0 Å². The molecule has 0 aliphatic heterocycles. The zero-order valence-electron chi connectivity index (χ0n) is 13.3. The Balaban J connectivity index is 0.000000847. The minimum atomic E-state index is 0.176. The molecule has 22 heavy (non-hydrogen) atoms. The molecule has 2 heteroatoms. The number of Topliss-reactive ketones (excluding diaryl/α,β-unsaturated/α-hetero) is 1. The van der Waals surface area contributed by atoms with Crippen LogP contribution >= 0.6 is 9.24 Å². The molecule has 2 aromatic carbocycles. The molecule has 0 bridgehead atoms. The summed E-state index contributed by atoms with van der Waals surface area (Å²) in [6.45, 7) is 4.00. The summed E-state index contributed by atoms with van der Waals surface area (Å²) in [4.78, 5) is 12.3. The monoisotopic (exact) mass is 310 g/mol. The maximum absolute atomic E-state index is 12.3. The smallest absolute Gasteiger partial charge is 0.189 e. The minimum absolute atomic E-state index is 0.176. The van der Waals surface area contributed by atoms with Gasteiger partial charge >= 0.3 is 0 Å². The van der Waals surface area contributed by atoms with E-state index in [1.165, 1.54) is 5.56 Å². The number of carbonyl (C=O) groups excluding carboxylic acids is 1. The maximum Gasteiger partial charge on any atom is 0.189 e. The summed E-state index contributed by atoms with van der Waals surface area (Å²) in [5, 5.41) is 0.